The summed E-state index contributed by atoms with van der Waals surface area (Å²) in [5.74, 6) is 0.382. The van der Waals surface area contributed by atoms with E-state index in [1.54, 1.807) is 46.0 Å². The molecule has 3 rings (SSSR count). The molecular weight excluding hydrogens is 350 g/mol. The van der Waals surface area contributed by atoms with E-state index in [4.69, 9.17) is 0 Å². The maximum atomic E-state index is 12.8. The predicted molar refractivity (Wildman–Crippen MR) is 100 cm³/mol. The Morgan fingerprint density at radius 1 is 1.35 bits per heavy atom. The molecule has 138 valence electrons. The third kappa shape index (κ3) is 3.61. The number of likely N-dealkylation sites (N-methyl/N-ethyl adjacent to an activating group) is 1. The van der Waals surface area contributed by atoms with Crippen LogP contribution >= 0.6 is 11.3 Å². The third-order valence-corrected chi connectivity index (χ3v) is 5.43. The van der Waals surface area contributed by atoms with Crippen LogP contribution < -0.4 is 0 Å². The van der Waals surface area contributed by atoms with E-state index < -0.39 is 6.10 Å². The van der Waals surface area contributed by atoms with E-state index in [1.807, 2.05) is 26.3 Å². The summed E-state index contributed by atoms with van der Waals surface area (Å²) in [5.41, 5.74) is 4.00. The molecule has 1 N–H and O–H groups in total. The minimum atomic E-state index is -0.734. The zero-order valence-electron chi connectivity index (χ0n) is 15.4. The highest BCUT2D eigenvalue weighted by molar-refractivity contribution is 7.09. The lowest BCUT2D eigenvalue weighted by atomic mass is 10.1. The fourth-order valence-electron chi connectivity index (χ4n) is 2.69. The van der Waals surface area contributed by atoms with E-state index in [-0.39, 0.29) is 11.8 Å². The number of carbonyl (C=O) groups excluding carboxylic acids is 1. The van der Waals surface area contributed by atoms with Crippen molar-refractivity contribution >= 4 is 22.9 Å². The Bertz CT molecular complexity index is 917. The van der Waals surface area contributed by atoms with Crippen LogP contribution in [0.4, 0.5) is 0 Å². The molecule has 0 radical (unpaired) electrons. The minimum absolute atomic E-state index is 0.00655. The molecule has 8 heteroatoms. The van der Waals surface area contributed by atoms with Crippen LogP contribution in [0.15, 0.2) is 23.8 Å². The van der Waals surface area contributed by atoms with Crippen molar-refractivity contribution in [2.45, 2.75) is 33.3 Å². The van der Waals surface area contributed by atoms with Gasteiger partial charge in [0.25, 0.3) is 5.91 Å². The number of aromatic nitrogens is 4. The second-order valence-electron chi connectivity index (χ2n) is 6.73. The average Bonchev–Trinajstić information content (AvgIpc) is 3.23. The second-order valence-corrected chi connectivity index (χ2v) is 7.67. The van der Waals surface area contributed by atoms with Gasteiger partial charge in [-0.05, 0) is 25.0 Å². The molecule has 1 unspecified atom stereocenters. The van der Waals surface area contributed by atoms with Gasteiger partial charge in [-0.1, -0.05) is 13.8 Å². The highest BCUT2D eigenvalue weighted by Gasteiger charge is 2.20. The van der Waals surface area contributed by atoms with Crippen LogP contribution in [0.1, 0.15) is 46.7 Å². The SMILES string of the molecule is Cc1ncsc1CCN(C)C(=O)c1ccc2nnc(C(O)C(C)C)n2c1. The van der Waals surface area contributed by atoms with Gasteiger partial charge in [0.2, 0.25) is 0 Å². The van der Waals surface area contributed by atoms with Crippen molar-refractivity contribution in [1.29, 1.82) is 0 Å². The number of rotatable bonds is 6. The molecule has 3 heterocycles. The maximum absolute atomic E-state index is 12.8. The Morgan fingerprint density at radius 3 is 2.77 bits per heavy atom. The number of hydrogen-bond acceptors (Lipinski definition) is 6. The monoisotopic (exact) mass is 373 g/mol. The number of fused-ring (bicyclic) bond motifs is 1. The quantitative estimate of drug-likeness (QED) is 0.718. The summed E-state index contributed by atoms with van der Waals surface area (Å²) in [6.45, 7) is 6.42. The molecule has 7 nitrogen and oxygen atoms in total. The Hall–Kier alpha value is -2.32. The molecule has 3 aromatic heterocycles. The number of aryl methyl sites for hydroxylation is 1. The summed E-state index contributed by atoms with van der Waals surface area (Å²) in [4.78, 5) is 19.9. The first-order valence-corrected chi connectivity index (χ1v) is 9.43. The van der Waals surface area contributed by atoms with Crippen molar-refractivity contribution in [1.82, 2.24) is 24.5 Å². The van der Waals surface area contributed by atoms with Gasteiger partial charge in [0.05, 0.1) is 16.8 Å². The molecule has 1 atom stereocenters. The molecule has 0 bridgehead atoms. The Morgan fingerprint density at radius 2 is 2.12 bits per heavy atom. The van der Waals surface area contributed by atoms with Gasteiger partial charge in [-0.2, -0.15) is 0 Å². The van der Waals surface area contributed by atoms with E-state index in [2.05, 4.69) is 15.2 Å². The Labute approximate surface area is 156 Å². The van der Waals surface area contributed by atoms with Crippen molar-refractivity contribution in [3.8, 4) is 0 Å². The van der Waals surface area contributed by atoms with E-state index >= 15 is 0 Å². The van der Waals surface area contributed by atoms with Crippen molar-refractivity contribution in [2.24, 2.45) is 5.92 Å². The predicted octanol–water partition coefficient (Wildman–Crippen LogP) is 2.50. The van der Waals surface area contributed by atoms with E-state index in [0.717, 1.165) is 12.1 Å². The van der Waals surface area contributed by atoms with Crippen molar-refractivity contribution < 1.29 is 9.90 Å². The largest absolute Gasteiger partial charge is 0.385 e. The molecular formula is C18H23N5O2S. The molecule has 0 aliphatic rings. The number of carbonyl (C=O) groups is 1. The summed E-state index contributed by atoms with van der Waals surface area (Å²) >= 11 is 1.61. The number of nitrogens with zero attached hydrogens (tertiary/aromatic N) is 5. The zero-order valence-corrected chi connectivity index (χ0v) is 16.2. The molecule has 0 aliphatic carbocycles. The van der Waals surface area contributed by atoms with Crippen LogP contribution in [-0.2, 0) is 6.42 Å². The molecule has 0 aromatic carbocycles. The lowest BCUT2D eigenvalue weighted by Crippen LogP contribution is -2.29. The summed E-state index contributed by atoms with van der Waals surface area (Å²) in [7, 11) is 1.79. The fourth-order valence-corrected chi connectivity index (χ4v) is 3.46. The smallest absolute Gasteiger partial charge is 0.255 e. The topological polar surface area (TPSA) is 83.6 Å². The molecule has 1 amide bonds. The van der Waals surface area contributed by atoms with E-state index in [0.29, 0.717) is 23.6 Å². The van der Waals surface area contributed by atoms with Crippen molar-refractivity contribution in [3.63, 3.8) is 0 Å². The second kappa shape index (κ2) is 7.51. The number of hydrogen-bond donors (Lipinski definition) is 1. The van der Waals surface area contributed by atoms with E-state index in [9.17, 15) is 9.90 Å². The maximum Gasteiger partial charge on any atom is 0.255 e. The first kappa shape index (κ1) is 18.5. The summed E-state index contributed by atoms with van der Waals surface area (Å²) in [6, 6.07) is 3.49. The van der Waals surface area contributed by atoms with Gasteiger partial charge in [-0.15, -0.1) is 21.5 Å². The van der Waals surface area contributed by atoms with Crippen LogP contribution in [-0.4, -0.2) is 49.1 Å². The highest BCUT2D eigenvalue weighted by Crippen LogP contribution is 2.21. The van der Waals surface area contributed by atoms with E-state index in [1.165, 1.54) is 4.88 Å². The van der Waals surface area contributed by atoms with Gasteiger partial charge < -0.3 is 10.0 Å². The lowest BCUT2D eigenvalue weighted by Gasteiger charge is -2.17. The van der Waals surface area contributed by atoms with Gasteiger partial charge in [-0.25, -0.2) is 4.98 Å². The van der Waals surface area contributed by atoms with Crippen molar-refractivity contribution in [2.75, 3.05) is 13.6 Å². The summed E-state index contributed by atoms with van der Waals surface area (Å²) in [6.07, 6.45) is 1.75. The summed E-state index contributed by atoms with van der Waals surface area (Å²) < 4.78 is 1.69. The zero-order chi connectivity index (χ0) is 18.8. The molecule has 0 fully saturated rings. The Balaban J connectivity index is 1.79. The number of thiazole rings is 1. The van der Waals surface area contributed by atoms with Gasteiger partial charge >= 0.3 is 0 Å². The summed E-state index contributed by atoms with van der Waals surface area (Å²) in [5, 5.41) is 18.5. The van der Waals surface area contributed by atoms with Gasteiger partial charge in [0.1, 0.15) is 6.10 Å². The van der Waals surface area contributed by atoms with Crippen LogP contribution in [0.5, 0.6) is 0 Å². The van der Waals surface area contributed by atoms with Gasteiger partial charge in [0.15, 0.2) is 11.5 Å². The van der Waals surface area contributed by atoms with Crippen LogP contribution in [0.2, 0.25) is 0 Å². The van der Waals surface area contributed by atoms with Gasteiger partial charge in [-0.3, -0.25) is 9.20 Å². The van der Waals surface area contributed by atoms with Crippen molar-refractivity contribution in [3.05, 3.63) is 45.8 Å². The Kier molecular flexibility index (Phi) is 5.33. The van der Waals surface area contributed by atoms with Crippen LogP contribution in [0, 0.1) is 12.8 Å². The highest BCUT2D eigenvalue weighted by atomic mass is 32.1. The lowest BCUT2D eigenvalue weighted by molar-refractivity contribution is 0.0795. The number of amides is 1. The molecule has 0 spiro atoms. The standard InChI is InChI=1S/C18H23N5O2S/c1-11(2)16(24)17-21-20-15-6-5-13(9-23(15)17)18(25)22(4)8-7-14-12(3)19-10-26-14/h5-6,9-11,16,24H,7-8H2,1-4H3. The molecule has 3 aromatic rings. The molecule has 0 saturated heterocycles. The number of pyridine rings is 1. The first-order chi connectivity index (χ1) is 12.4. The molecule has 0 saturated carbocycles. The fraction of sp³-hybridized carbons (Fsp3) is 0.444. The minimum Gasteiger partial charge on any atom is -0.385 e. The van der Waals surface area contributed by atoms with Gasteiger partial charge in [0, 0.05) is 31.1 Å². The number of aliphatic hydroxyl groups is 1. The van der Waals surface area contributed by atoms with Crippen LogP contribution in [0.3, 0.4) is 0 Å². The normalized spacial score (nSPS) is 12.7. The number of aliphatic hydroxyl groups excluding tert-OH is 1. The third-order valence-electron chi connectivity index (χ3n) is 4.44. The molecule has 0 aliphatic heterocycles. The first-order valence-electron chi connectivity index (χ1n) is 8.55. The van der Waals surface area contributed by atoms with Crippen LogP contribution in [0.25, 0.3) is 5.65 Å². The average molecular weight is 373 g/mol. The molecule has 26 heavy (non-hydrogen) atoms.